The predicted molar refractivity (Wildman–Crippen MR) is 105 cm³/mol. The number of likely N-dealkylation sites (N-methyl/N-ethyl adjacent to an activating group) is 1. The fourth-order valence-electron chi connectivity index (χ4n) is 3.64. The van der Waals surface area contributed by atoms with Gasteiger partial charge in [0.05, 0.1) is 0 Å². The van der Waals surface area contributed by atoms with Gasteiger partial charge in [-0.1, -0.05) is 37.3 Å². The summed E-state index contributed by atoms with van der Waals surface area (Å²) >= 11 is 0. The number of benzene rings is 1. The average molecular weight is 344 g/mol. The van der Waals surface area contributed by atoms with Crippen molar-refractivity contribution >= 4 is 5.96 Å². The minimum atomic E-state index is 0.843. The normalized spacial score (nSPS) is 19.5. The molecule has 1 N–H and O–H groups in total. The molecular formula is C20H33N5. The first-order valence-corrected chi connectivity index (χ1v) is 9.76. The summed E-state index contributed by atoms with van der Waals surface area (Å²) in [5, 5.41) is 3.57. The molecule has 0 aromatic heterocycles. The molecule has 1 aliphatic heterocycles. The third kappa shape index (κ3) is 5.44. The molecule has 0 bridgehead atoms. The molecule has 1 aromatic carbocycles. The molecule has 0 unspecified atom stereocenters. The van der Waals surface area contributed by atoms with Crippen LogP contribution in [0.5, 0.6) is 0 Å². The summed E-state index contributed by atoms with van der Waals surface area (Å²) in [6, 6.07) is 11.6. The summed E-state index contributed by atoms with van der Waals surface area (Å²) in [4.78, 5) is 12.0. The van der Waals surface area contributed by atoms with E-state index in [1.165, 1.54) is 18.4 Å². The highest BCUT2D eigenvalue weighted by Gasteiger charge is 2.27. The van der Waals surface area contributed by atoms with E-state index in [0.29, 0.717) is 0 Å². The van der Waals surface area contributed by atoms with E-state index in [9.17, 15) is 0 Å². The molecule has 1 saturated carbocycles. The molecule has 0 atom stereocenters. The van der Waals surface area contributed by atoms with Crippen LogP contribution in [-0.4, -0.2) is 79.6 Å². The number of nitrogens with zero attached hydrogens (tertiary/aromatic N) is 4. The van der Waals surface area contributed by atoms with Crippen LogP contribution in [0.15, 0.2) is 35.3 Å². The molecule has 5 heteroatoms. The van der Waals surface area contributed by atoms with Gasteiger partial charge in [0.1, 0.15) is 0 Å². The summed E-state index contributed by atoms with van der Waals surface area (Å²) in [6.45, 7) is 10.9. The zero-order valence-corrected chi connectivity index (χ0v) is 15.8. The maximum atomic E-state index is 4.50. The van der Waals surface area contributed by atoms with E-state index < -0.39 is 0 Å². The van der Waals surface area contributed by atoms with Crippen molar-refractivity contribution in [2.75, 3.05) is 52.9 Å². The van der Waals surface area contributed by atoms with Crippen LogP contribution in [0.4, 0.5) is 0 Å². The van der Waals surface area contributed by atoms with Crippen molar-refractivity contribution in [1.82, 2.24) is 20.0 Å². The third-order valence-electron chi connectivity index (χ3n) is 5.28. The zero-order chi connectivity index (χ0) is 17.5. The van der Waals surface area contributed by atoms with Gasteiger partial charge in [0.25, 0.3) is 0 Å². The monoisotopic (exact) mass is 343 g/mol. The van der Waals surface area contributed by atoms with Crippen molar-refractivity contribution in [3.05, 3.63) is 35.9 Å². The minimum Gasteiger partial charge on any atom is -0.355 e. The van der Waals surface area contributed by atoms with Crippen molar-refractivity contribution in [3.63, 3.8) is 0 Å². The SMILES string of the molecule is CCN(CCNC(=NC)N1CCN(Cc2ccccc2)CC1)C1CC1. The number of piperazine rings is 1. The molecule has 1 saturated heterocycles. The average Bonchev–Trinajstić information content (AvgIpc) is 3.49. The van der Waals surface area contributed by atoms with Crippen LogP contribution >= 0.6 is 0 Å². The standard InChI is InChI=1S/C20H33N5/c1-3-24(19-9-10-19)12-11-22-20(21-2)25-15-13-23(14-16-25)17-18-7-5-4-6-8-18/h4-8,19H,3,9-17H2,1-2H3,(H,21,22). The molecule has 0 spiro atoms. The van der Waals surface area contributed by atoms with Crippen molar-refractivity contribution in [2.45, 2.75) is 32.4 Å². The van der Waals surface area contributed by atoms with Crippen LogP contribution in [0, 0.1) is 0 Å². The van der Waals surface area contributed by atoms with Crippen LogP contribution in [-0.2, 0) is 6.54 Å². The maximum absolute atomic E-state index is 4.50. The summed E-state index contributed by atoms with van der Waals surface area (Å²) in [6.07, 6.45) is 2.76. The highest BCUT2D eigenvalue weighted by molar-refractivity contribution is 5.80. The van der Waals surface area contributed by atoms with Crippen LogP contribution in [0.25, 0.3) is 0 Å². The fourth-order valence-corrected chi connectivity index (χ4v) is 3.64. The molecule has 5 nitrogen and oxygen atoms in total. The minimum absolute atomic E-state index is 0.843. The third-order valence-corrected chi connectivity index (χ3v) is 5.28. The smallest absolute Gasteiger partial charge is 0.193 e. The molecule has 138 valence electrons. The van der Waals surface area contributed by atoms with E-state index in [1.54, 1.807) is 0 Å². The lowest BCUT2D eigenvalue weighted by Gasteiger charge is -2.36. The Kier molecular flexibility index (Phi) is 6.70. The van der Waals surface area contributed by atoms with E-state index in [-0.39, 0.29) is 0 Å². The van der Waals surface area contributed by atoms with Gasteiger partial charge >= 0.3 is 0 Å². The largest absolute Gasteiger partial charge is 0.355 e. The molecule has 2 aliphatic rings. The second kappa shape index (κ2) is 9.20. The molecule has 1 heterocycles. The second-order valence-corrected chi connectivity index (χ2v) is 7.08. The molecule has 3 rings (SSSR count). The van der Waals surface area contributed by atoms with Gasteiger partial charge in [-0.3, -0.25) is 14.8 Å². The number of nitrogens with one attached hydrogen (secondary N) is 1. The lowest BCUT2D eigenvalue weighted by Crippen LogP contribution is -2.53. The first-order valence-electron chi connectivity index (χ1n) is 9.76. The number of aliphatic imine (C=N–C) groups is 1. The zero-order valence-electron chi connectivity index (χ0n) is 15.8. The Hall–Kier alpha value is -1.59. The lowest BCUT2D eigenvalue weighted by atomic mass is 10.2. The fraction of sp³-hybridized carbons (Fsp3) is 0.650. The van der Waals surface area contributed by atoms with E-state index >= 15 is 0 Å². The van der Waals surface area contributed by atoms with Gasteiger partial charge < -0.3 is 10.2 Å². The quantitative estimate of drug-likeness (QED) is 0.605. The van der Waals surface area contributed by atoms with Gasteiger partial charge in [-0.2, -0.15) is 0 Å². The van der Waals surface area contributed by atoms with Gasteiger partial charge in [-0.05, 0) is 24.9 Å². The number of rotatable bonds is 7. The Bertz CT molecular complexity index is 532. The van der Waals surface area contributed by atoms with Crippen molar-refractivity contribution < 1.29 is 0 Å². The highest BCUT2D eigenvalue weighted by atomic mass is 15.3. The summed E-state index contributed by atoms with van der Waals surface area (Å²) in [5.41, 5.74) is 1.40. The molecule has 0 amide bonds. The van der Waals surface area contributed by atoms with Crippen LogP contribution in [0.1, 0.15) is 25.3 Å². The molecular weight excluding hydrogens is 310 g/mol. The van der Waals surface area contributed by atoms with Gasteiger partial charge in [0.15, 0.2) is 5.96 Å². The lowest BCUT2D eigenvalue weighted by molar-refractivity contribution is 0.172. The molecule has 0 radical (unpaired) electrons. The number of guanidine groups is 1. The number of hydrogen-bond donors (Lipinski definition) is 1. The Morgan fingerprint density at radius 1 is 1.16 bits per heavy atom. The van der Waals surface area contributed by atoms with Crippen LogP contribution < -0.4 is 5.32 Å². The molecule has 25 heavy (non-hydrogen) atoms. The first-order chi connectivity index (χ1) is 12.3. The van der Waals surface area contributed by atoms with Gasteiger partial charge in [-0.25, -0.2) is 0 Å². The van der Waals surface area contributed by atoms with Crippen molar-refractivity contribution in [1.29, 1.82) is 0 Å². The van der Waals surface area contributed by atoms with Crippen molar-refractivity contribution in [3.8, 4) is 0 Å². The Balaban J connectivity index is 1.39. The number of hydrogen-bond acceptors (Lipinski definition) is 3. The van der Waals surface area contributed by atoms with Crippen LogP contribution in [0.2, 0.25) is 0 Å². The molecule has 1 aliphatic carbocycles. The van der Waals surface area contributed by atoms with E-state index in [2.05, 4.69) is 62.3 Å². The topological polar surface area (TPSA) is 34.1 Å². The van der Waals surface area contributed by atoms with Crippen LogP contribution in [0.3, 0.4) is 0 Å². The Morgan fingerprint density at radius 2 is 1.88 bits per heavy atom. The second-order valence-electron chi connectivity index (χ2n) is 7.08. The van der Waals surface area contributed by atoms with E-state index in [4.69, 9.17) is 0 Å². The van der Waals surface area contributed by atoms with E-state index in [0.717, 1.165) is 64.4 Å². The predicted octanol–water partition coefficient (Wildman–Crippen LogP) is 1.86. The Labute approximate surface area is 152 Å². The summed E-state index contributed by atoms with van der Waals surface area (Å²) in [7, 11) is 1.90. The summed E-state index contributed by atoms with van der Waals surface area (Å²) < 4.78 is 0. The summed E-state index contributed by atoms with van der Waals surface area (Å²) in [5.74, 6) is 1.06. The van der Waals surface area contributed by atoms with E-state index in [1.807, 2.05) is 7.05 Å². The maximum Gasteiger partial charge on any atom is 0.193 e. The molecule has 2 fully saturated rings. The first kappa shape index (κ1) is 18.2. The van der Waals surface area contributed by atoms with Gasteiger partial charge in [-0.15, -0.1) is 0 Å². The van der Waals surface area contributed by atoms with Crippen molar-refractivity contribution in [2.24, 2.45) is 4.99 Å². The Morgan fingerprint density at radius 3 is 2.48 bits per heavy atom. The molecule has 1 aromatic rings. The van der Waals surface area contributed by atoms with Gasteiger partial charge in [0, 0.05) is 58.9 Å². The highest BCUT2D eigenvalue weighted by Crippen LogP contribution is 2.25. The van der Waals surface area contributed by atoms with Gasteiger partial charge in [0.2, 0.25) is 0 Å².